The minimum absolute atomic E-state index is 0.000830. The van der Waals surface area contributed by atoms with Gasteiger partial charge in [-0.15, -0.1) is 0 Å². The minimum Gasteiger partial charge on any atom is -0.481 e. The zero-order valence-electron chi connectivity index (χ0n) is 10.7. The topological polar surface area (TPSA) is 78.4 Å². The number of hydrogen-bond donors (Lipinski definition) is 3. The number of nitrogens with one attached hydrogen (secondary N) is 2. The fourth-order valence-electron chi connectivity index (χ4n) is 2.13. The van der Waals surface area contributed by atoms with Gasteiger partial charge in [0.1, 0.15) is 0 Å². The van der Waals surface area contributed by atoms with Crippen LogP contribution in [0.4, 0.5) is 0 Å². The zero-order chi connectivity index (χ0) is 13.1. The summed E-state index contributed by atoms with van der Waals surface area (Å²) in [6, 6.07) is 0.199. The molecule has 5 heteroatoms. The number of carbonyl (C=O) groups is 2. The van der Waals surface area contributed by atoms with Gasteiger partial charge in [0, 0.05) is 18.0 Å². The maximum Gasteiger partial charge on any atom is 0.303 e. The third-order valence-electron chi connectivity index (χ3n) is 3.29. The van der Waals surface area contributed by atoms with Crippen molar-refractivity contribution in [3.63, 3.8) is 0 Å². The third kappa shape index (κ3) is 4.34. The van der Waals surface area contributed by atoms with Crippen LogP contribution in [-0.2, 0) is 9.59 Å². The first kappa shape index (κ1) is 14.0. The molecule has 0 aliphatic carbocycles. The summed E-state index contributed by atoms with van der Waals surface area (Å²) in [5.41, 5.74) is -0.461. The van der Waals surface area contributed by atoms with Crippen molar-refractivity contribution in [2.45, 2.75) is 51.6 Å². The second-order valence-electron chi connectivity index (χ2n) is 5.40. The molecule has 1 fully saturated rings. The van der Waals surface area contributed by atoms with Gasteiger partial charge < -0.3 is 15.7 Å². The molecule has 98 valence electrons. The van der Waals surface area contributed by atoms with Crippen molar-refractivity contribution in [3.05, 3.63) is 0 Å². The molecule has 0 aromatic carbocycles. The Morgan fingerprint density at radius 2 is 2.12 bits per heavy atom. The van der Waals surface area contributed by atoms with Gasteiger partial charge in [0.25, 0.3) is 0 Å². The number of hydrogen-bond acceptors (Lipinski definition) is 3. The molecule has 3 N–H and O–H groups in total. The summed E-state index contributed by atoms with van der Waals surface area (Å²) in [7, 11) is 0. The molecule has 0 radical (unpaired) electrons. The van der Waals surface area contributed by atoms with Crippen LogP contribution < -0.4 is 10.6 Å². The number of amides is 1. The molecule has 2 unspecified atom stereocenters. The predicted octanol–water partition coefficient (Wildman–Crippen LogP) is 0.744. The molecule has 5 nitrogen and oxygen atoms in total. The highest BCUT2D eigenvalue weighted by Gasteiger charge is 2.32. The summed E-state index contributed by atoms with van der Waals surface area (Å²) < 4.78 is 0. The third-order valence-corrected chi connectivity index (χ3v) is 3.29. The van der Waals surface area contributed by atoms with Crippen LogP contribution in [0.25, 0.3) is 0 Å². The second-order valence-corrected chi connectivity index (χ2v) is 5.40. The summed E-state index contributed by atoms with van der Waals surface area (Å²) in [4.78, 5) is 22.5. The maximum atomic E-state index is 12.0. The van der Waals surface area contributed by atoms with Gasteiger partial charge >= 0.3 is 5.97 Å². The molecule has 0 aromatic heterocycles. The van der Waals surface area contributed by atoms with E-state index in [2.05, 4.69) is 10.6 Å². The Bertz CT molecular complexity index is 302. The van der Waals surface area contributed by atoms with E-state index in [1.165, 1.54) is 0 Å². The summed E-state index contributed by atoms with van der Waals surface area (Å²) >= 11 is 0. The number of rotatable bonds is 5. The molecule has 17 heavy (non-hydrogen) atoms. The zero-order valence-corrected chi connectivity index (χ0v) is 10.7. The molecule has 0 saturated carbocycles. The standard InChI is InChI=1S/C12H22N2O3/c1-8-9(5-7-13-8)11(17)14-12(2,3)6-4-10(15)16/h8-9,13H,4-7H2,1-3H3,(H,14,17)(H,15,16). The van der Waals surface area contributed by atoms with E-state index in [4.69, 9.17) is 5.11 Å². The highest BCUT2D eigenvalue weighted by atomic mass is 16.4. The van der Waals surface area contributed by atoms with E-state index in [1.54, 1.807) is 0 Å². The van der Waals surface area contributed by atoms with Crippen LogP contribution in [0, 0.1) is 5.92 Å². The molecule has 0 spiro atoms. The predicted molar refractivity (Wildman–Crippen MR) is 64.7 cm³/mol. The lowest BCUT2D eigenvalue weighted by atomic mass is 9.95. The SMILES string of the molecule is CC1NCCC1C(=O)NC(C)(C)CCC(=O)O. The molecule has 1 saturated heterocycles. The number of aliphatic carboxylic acids is 1. The molecule has 1 rings (SSSR count). The minimum atomic E-state index is -0.830. The van der Waals surface area contributed by atoms with Crippen molar-refractivity contribution in [1.29, 1.82) is 0 Å². The Morgan fingerprint density at radius 1 is 1.47 bits per heavy atom. The Kier molecular flexibility index (Phi) is 4.51. The van der Waals surface area contributed by atoms with Gasteiger partial charge in [-0.1, -0.05) is 0 Å². The van der Waals surface area contributed by atoms with Gasteiger partial charge in [-0.05, 0) is 40.2 Å². The summed E-state index contributed by atoms with van der Waals surface area (Å²) in [6.07, 6.45) is 1.37. The number of carbonyl (C=O) groups excluding carboxylic acids is 1. The van der Waals surface area contributed by atoms with Crippen molar-refractivity contribution in [2.75, 3.05) is 6.54 Å². The van der Waals surface area contributed by atoms with Crippen molar-refractivity contribution in [3.8, 4) is 0 Å². The highest BCUT2D eigenvalue weighted by Crippen LogP contribution is 2.18. The first-order chi connectivity index (χ1) is 7.82. The summed E-state index contributed by atoms with van der Waals surface area (Å²) in [5.74, 6) is -0.805. The fraction of sp³-hybridized carbons (Fsp3) is 0.833. The number of carboxylic acids is 1. The van der Waals surface area contributed by atoms with E-state index in [9.17, 15) is 9.59 Å². The molecule has 1 amide bonds. The second kappa shape index (κ2) is 5.49. The lowest BCUT2D eigenvalue weighted by molar-refractivity contribution is -0.138. The average Bonchev–Trinajstić information content (AvgIpc) is 2.61. The van der Waals surface area contributed by atoms with E-state index < -0.39 is 11.5 Å². The lowest BCUT2D eigenvalue weighted by Crippen LogP contribution is -2.48. The van der Waals surface area contributed by atoms with E-state index >= 15 is 0 Å². The lowest BCUT2D eigenvalue weighted by Gasteiger charge is -2.28. The van der Waals surface area contributed by atoms with Gasteiger partial charge in [0.05, 0.1) is 5.92 Å². The quantitative estimate of drug-likeness (QED) is 0.664. The Morgan fingerprint density at radius 3 is 2.59 bits per heavy atom. The van der Waals surface area contributed by atoms with Gasteiger partial charge in [0.2, 0.25) is 5.91 Å². The fourth-order valence-corrected chi connectivity index (χ4v) is 2.13. The smallest absolute Gasteiger partial charge is 0.303 e. The van der Waals surface area contributed by atoms with Crippen LogP contribution >= 0.6 is 0 Å². The summed E-state index contributed by atoms with van der Waals surface area (Å²) in [5, 5.41) is 14.8. The molecular formula is C12H22N2O3. The van der Waals surface area contributed by atoms with Crippen molar-refractivity contribution in [1.82, 2.24) is 10.6 Å². The van der Waals surface area contributed by atoms with Crippen LogP contribution in [0.1, 0.15) is 40.0 Å². The largest absolute Gasteiger partial charge is 0.481 e. The maximum absolute atomic E-state index is 12.0. The van der Waals surface area contributed by atoms with Gasteiger partial charge in [-0.3, -0.25) is 9.59 Å². The van der Waals surface area contributed by atoms with E-state index in [0.717, 1.165) is 13.0 Å². The monoisotopic (exact) mass is 242 g/mol. The summed E-state index contributed by atoms with van der Waals surface area (Å²) in [6.45, 7) is 6.60. The van der Waals surface area contributed by atoms with E-state index in [-0.39, 0.29) is 24.3 Å². The number of carboxylic acid groups (broad SMARTS) is 1. The van der Waals surface area contributed by atoms with E-state index in [1.807, 2.05) is 20.8 Å². The van der Waals surface area contributed by atoms with Gasteiger partial charge in [-0.2, -0.15) is 0 Å². The van der Waals surface area contributed by atoms with Crippen LogP contribution in [0.2, 0.25) is 0 Å². The Hall–Kier alpha value is -1.10. The molecule has 1 aliphatic heterocycles. The van der Waals surface area contributed by atoms with Crippen molar-refractivity contribution in [2.24, 2.45) is 5.92 Å². The van der Waals surface area contributed by atoms with Crippen LogP contribution in [-0.4, -0.2) is 35.1 Å². The molecule has 2 atom stereocenters. The normalized spacial score (nSPS) is 24.6. The van der Waals surface area contributed by atoms with Crippen molar-refractivity contribution >= 4 is 11.9 Å². The highest BCUT2D eigenvalue weighted by molar-refractivity contribution is 5.80. The average molecular weight is 242 g/mol. The van der Waals surface area contributed by atoms with E-state index in [0.29, 0.717) is 6.42 Å². The first-order valence-electron chi connectivity index (χ1n) is 6.09. The molecule has 0 bridgehead atoms. The Labute approximate surface area is 102 Å². The first-order valence-corrected chi connectivity index (χ1v) is 6.09. The van der Waals surface area contributed by atoms with Gasteiger partial charge in [0.15, 0.2) is 0 Å². The molecular weight excluding hydrogens is 220 g/mol. The molecule has 1 heterocycles. The van der Waals surface area contributed by atoms with Crippen LogP contribution in [0.3, 0.4) is 0 Å². The molecule has 1 aliphatic rings. The van der Waals surface area contributed by atoms with Crippen LogP contribution in [0.15, 0.2) is 0 Å². The van der Waals surface area contributed by atoms with Crippen LogP contribution in [0.5, 0.6) is 0 Å². The Balaban J connectivity index is 2.46. The molecule has 0 aromatic rings. The van der Waals surface area contributed by atoms with Gasteiger partial charge in [-0.25, -0.2) is 0 Å². The van der Waals surface area contributed by atoms with Crippen molar-refractivity contribution < 1.29 is 14.7 Å².